The number of benzene rings is 1. The van der Waals surface area contributed by atoms with Crippen LogP contribution in [0, 0.1) is 10.1 Å². The van der Waals surface area contributed by atoms with E-state index in [1.165, 1.54) is 31.2 Å². The summed E-state index contributed by atoms with van der Waals surface area (Å²) in [7, 11) is 0. The normalized spacial score (nSPS) is 11.0. The van der Waals surface area contributed by atoms with Gasteiger partial charge in [0, 0.05) is 18.0 Å². The Morgan fingerprint density at radius 3 is 2.71 bits per heavy atom. The highest BCUT2D eigenvalue weighted by Crippen LogP contribution is 2.16. The van der Waals surface area contributed by atoms with E-state index in [0.29, 0.717) is 17.9 Å². The van der Waals surface area contributed by atoms with Crippen LogP contribution < -0.4 is 0 Å². The van der Waals surface area contributed by atoms with Gasteiger partial charge in [0.15, 0.2) is 5.78 Å². The second-order valence-corrected chi connectivity index (χ2v) is 4.52. The van der Waals surface area contributed by atoms with Gasteiger partial charge in [-0.1, -0.05) is 12.1 Å². The number of ether oxygens (including phenoxy) is 1. The lowest BCUT2D eigenvalue weighted by atomic mass is 10.1. The van der Waals surface area contributed by atoms with Gasteiger partial charge in [0.05, 0.1) is 11.5 Å². The van der Waals surface area contributed by atoms with Gasteiger partial charge < -0.3 is 4.74 Å². The summed E-state index contributed by atoms with van der Waals surface area (Å²) in [4.78, 5) is 33.4. The van der Waals surface area contributed by atoms with Crippen molar-refractivity contribution in [3.63, 3.8) is 0 Å². The number of hydrogen-bond acceptors (Lipinski definition) is 5. The number of rotatable bonds is 7. The van der Waals surface area contributed by atoms with E-state index in [0.717, 1.165) is 0 Å². The van der Waals surface area contributed by atoms with Crippen molar-refractivity contribution in [3.8, 4) is 0 Å². The molecule has 7 heteroatoms. The van der Waals surface area contributed by atoms with Gasteiger partial charge in [0.25, 0.3) is 5.69 Å². The highest BCUT2D eigenvalue weighted by molar-refractivity contribution is 6.20. The molecule has 0 N–H and O–H groups in total. The molecule has 0 aliphatic rings. The zero-order valence-corrected chi connectivity index (χ0v) is 12.1. The van der Waals surface area contributed by atoms with E-state index in [4.69, 9.17) is 16.3 Å². The molecule has 1 rings (SSSR count). The lowest BCUT2D eigenvalue weighted by Gasteiger charge is -2.05. The quantitative estimate of drug-likeness (QED) is 0.113. The van der Waals surface area contributed by atoms with Crippen molar-refractivity contribution in [2.24, 2.45) is 0 Å². The number of Topliss-reactive ketones (excluding diaryl/α,β-unsaturated/α-hetero) is 1. The summed E-state index contributed by atoms with van der Waals surface area (Å²) in [6, 6.07) is 5.63. The fraction of sp³-hybridized carbons (Fsp3) is 0.286. The van der Waals surface area contributed by atoms with Gasteiger partial charge in [0.1, 0.15) is 5.57 Å². The van der Waals surface area contributed by atoms with Crippen LogP contribution in [-0.2, 0) is 14.3 Å². The first kappa shape index (κ1) is 16.8. The molecule has 0 aliphatic carbocycles. The molecule has 1 aromatic carbocycles. The monoisotopic (exact) mass is 311 g/mol. The average Bonchev–Trinajstić information content (AvgIpc) is 2.44. The zero-order valence-electron chi connectivity index (χ0n) is 11.4. The number of hydrogen-bond donors (Lipinski definition) is 0. The second-order valence-electron chi connectivity index (χ2n) is 4.14. The highest BCUT2D eigenvalue weighted by atomic mass is 35.5. The van der Waals surface area contributed by atoms with Crippen LogP contribution in [0.25, 0.3) is 6.08 Å². The Bertz CT molecular complexity index is 582. The van der Waals surface area contributed by atoms with Crippen molar-refractivity contribution in [1.29, 1.82) is 0 Å². The van der Waals surface area contributed by atoms with Crippen molar-refractivity contribution in [2.45, 2.75) is 13.3 Å². The molecule has 0 heterocycles. The molecule has 0 unspecified atom stereocenters. The van der Waals surface area contributed by atoms with E-state index in [9.17, 15) is 19.7 Å². The van der Waals surface area contributed by atoms with E-state index in [1.807, 2.05) is 0 Å². The van der Waals surface area contributed by atoms with Crippen LogP contribution in [0.5, 0.6) is 0 Å². The number of nitrogens with zero attached hydrogens (tertiary/aromatic N) is 1. The fourth-order valence-corrected chi connectivity index (χ4v) is 1.61. The molecule has 0 amide bonds. The second kappa shape index (κ2) is 8.16. The molecule has 1 aromatic rings. The number of alkyl halides is 1. The number of nitro benzene ring substituents is 1. The van der Waals surface area contributed by atoms with Crippen LogP contribution >= 0.6 is 11.6 Å². The van der Waals surface area contributed by atoms with Crippen LogP contribution in [0.3, 0.4) is 0 Å². The highest BCUT2D eigenvalue weighted by Gasteiger charge is 2.16. The molecule has 112 valence electrons. The van der Waals surface area contributed by atoms with Crippen molar-refractivity contribution in [1.82, 2.24) is 0 Å². The van der Waals surface area contributed by atoms with Crippen LogP contribution in [0.4, 0.5) is 5.69 Å². The lowest BCUT2D eigenvalue weighted by molar-refractivity contribution is -0.384. The van der Waals surface area contributed by atoms with Crippen molar-refractivity contribution >= 4 is 35.1 Å². The molecule has 0 saturated carbocycles. The molecule has 0 atom stereocenters. The Labute approximate surface area is 126 Å². The lowest BCUT2D eigenvalue weighted by Crippen LogP contribution is -2.14. The molecular formula is C14H14ClNO5. The van der Waals surface area contributed by atoms with Gasteiger partial charge in [-0.15, -0.1) is 11.6 Å². The topological polar surface area (TPSA) is 86.5 Å². The number of carbonyl (C=O) groups excluding carboxylic acids is 2. The van der Waals surface area contributed by atoms with Crippen LogP contribution in [0.2, 0.25) is 0 Å². The molecular weight excluding hydrogens is 298 g/mol. The number of nitro groups is 1. The van der Waals surface area contributed by atoms with E-state index >= 15 is 0 Å². The third-order valence-corrected chi connectivity index (χ3v) is 2.77. The molecule has 0 bridgehead atoms. The largest absolute Gasteiger partial charge is 0.462 e. The molecule has 0 radical (unpaired) electrons. The standard InChI is InChI=1S/C14H14ClNO5/c1-10(17)13(14(18)21-7-3-6-15)9-11-4-2-5-12(8-11)16(19)20/h2,4-5,8-9H,3,6-7H2,1H3/b13-9+. The van der Waals surface area contributed by atoms with E-state index < -0.39 is 16.7 Å². The van der Waals surface area contributed by atoms with Crippen molar-refractivity contribution in [3.05, 3.63) is 45.5 Å². The van der Waals surface area contributed by atoms with Crippen molar-refractivity contribution in [2.75, 3.05) is 12.5 Å². The number of non-ortho nitro benzene ring substituents is 1. The summed E-state index contributed by atoms with van der Waals surface area (Å²) in [5.74, 6) is -0.895. The number of esters is 1. The minimum absolute atomic E-state index is 0.113. The predicted molar refractivity (Wildman–Crippen MR) is 78.1 cm³/mol. The van der Waals surface area contributed by atoms with E-state index in [1.54, 1.807) is 6.07 Å². The zero-order chi connectivity index (χ0) is 15.8. The minimum atomic E-state index is -0.765. The first-order valence-electron chi connectivity index (χ1n) is 6.16. The Hall–Kier alpha value is -2.21. The maximum absolute atomic E-state index is 11.8. The Morgan fingerprint density at radius 2 is 2.14 bits per heavy atom. The summed E-state index contributed by atoms with van der Waals surface area (Å²) in [5.41, 5.74) is 0.0934. The minimum Gasteiger partial charge on any atom is -0.462 e. The summed E-state index contributed by atoms with van der Waals surface area (Å²) in [5, 5.41) is 10.7. The SMILES string of the molecule is CC(=O)/C(=C\c1cccc([N+](=O)[O-])c1)C(=O)OCCCCl. The van der Waals surface area contributed by atoms with E-state index in [2.05, 4.69) is 0 Å². The predicted octanol–water partition coefficient (Wildman–Crippen LogP) is 2.74. The summed E-state index contributed by atoms with van der Waals surface area (Å²) >= 11 is 5.47. The smallest absolute Gasteiger partial charge is 0.341 e. The molecule has 0 spiro atoms. The Morgan fingerprint density at radius 1 is 1.43 bits per heavy atom. The first-order valence-corrected chi connectivity index (χ1v) is 6.69. The maximum atomic E-state index is 11.8. The van der Waals surface area contributed by atoms with Gasteiger partial charge in [-0.25, -0.2) is 4.79 Å². The molecule has 0 aliphatic heterocycles. The molecule has 0 fully saturated rings. The van der Waals surface area contributed by atoms with Crippen LogP contribution in [0.15, 0.2) is 29.8 Å². The van der Waals surface area contributed by atoms with Gasteiger partial charge in [-0.2, -0.15) is 0 Å². The third-order valence-electron chi connectivity index (χ3n) is 2.50. The van der Waals surface area contributed by atoms with Gasteiger partial charge in [0.2, 0.25) is 0 Å². The van der Waals surface area contributed by atoms with Crippen molar-refractivity contribution < 1.29 is 19.2 Å². The van der Waals surface area contributed by atoms with E-state index in [-0.39, 0.29) is 17.9 Å². The Balaban J connectivity index is 2.99. The van der Waals surface area contributed by atoms with Crippen LogP contribution in [-0.4, -0.2) is 29.2 Å². The number of halogens is 1. The van der Waals surface area contributed by atoms with Gasteiger partial charge >= 0.3 is 5.97 Å². The fourth-order valence-electron chi connectivity index (χ4n) is 1.50. The number of carbonyl (C=O) groups is 2. The summed E-state index contributed by atoms with van der Waals surface area (Å²) in [6.45, 7) is 1.34. The first-order chi connectivity index (χ1) is 9.95. The van der Waals surface area contributed by atoms with Crippen LogP contribution in [0.1, 0.15) is 18.9 Å². The molecule has 6 nitrogen and oxygen atoms in total. The molecule has 0 saturated heterocycles. The molecule has 0 aromatic heterocycles. The summed E-state index contributed by atoms with van der Waals surface area (Å²) in [6.07, 6.45) is 1.76. The van der Waals surface area contributed by atoms with Gasteiger partial charge in [-0.3, -0.25) is 14.9 Å². The third kappa shape index (κ3) is 5.35. The average molecular weight is 312 g/mol. The summed E-state index contributed by atoms with van der Waals surface area (Å²) < 4.78 is 4.91. The maximum Gasteiger partial charge on any atom is 0.341 e. The Kier molecular flexibility index (Phi) is 6.55. The molecule has 21 heavy (non-hydrogen) atoms. The van der Waals surface area contributed by atoms with Gasteiger partial charge in [-0.05, 0) is 25.0 Å². The number of ketones is 1.